The van der Waals surface area contributed by atoms with Gasteiger partial charge in [-0.3, -0.25) is 5.10 Å². The van der Waals surface area contributed by atoms with E-state index >= 15 is 0 Å². The van der Waals surface area contributed by atoms with Crippen LogP contribution in [-0.2, 0) is 11.8 Å². The number of benzene rings is 2. The molecule has 0 spiro atoms. The third-order valence-electron chi connectivity index (χ3n) is 6.35. The molecular formula is C26H27N5S. The second-order valence-corrected chi connectivity index (χ2v) is 9.42. The third-order valence-corrected chi connectivity index (χ3v) is 6.93. The molecule has 0 saturated carbocycles. The van der Waals surface area contributed by atoms with Crippen molar-refractivity contribution in [3.05, 3.63) is 87.9 Å². The highest BCUT2D eigenvalue weighted by atomic mass is 32.1. The Balaban J connectivity index is 1.62. The highest BCUT2D eigenvalue weighted by Gasteiger charge is 2.37. The second-order valence-electron chi connectivity index (χ2n) is 8.70. The summed E-state index contributed by atoms with van der Waals surface area (Å²) in [6.45, 7) is 0. The first-order valence-electron chi connectivity index (χ1n) is 10.7. The smallest absolute Gasteiger partial charge is 0.119 e. The quantitative estimate of drug-likeness (QED) is 0.461. The molecule has 0 saturated heterocycles. The van der Waals surface area contributed by atoms with Crippen LogP contribution in [0.15, 0.2) is 65.5 Å². The molecule has 0 radical (unpaired) electrons. The average molecular weight is 442 g/mol. The predicted molar refractivity (Wildman–Crippen MR) is 135 cm³/mol. The number of nitrogens with zero attached hydrogens (tertiary/aromatic N) is 4. The maximum absolute atomic E-state index is 4.62. The molecule has 162 valence electrons. The van der Waals surface area contributed by atoms with Crippen molar-refractivity contribution in [1.82, 2.24) is 15.2 Å². The summed E-state index contributed by atoms with van der Waals surface area (Å²) in [6, 6.07) is 17.8. The van der Waals surface area contributed by atoms with E-state index in [-0.39, 0.29) is 5.41 Å². The summed E-state index contributed by atoms with van der Waals surface area (Å²) in [6.07, 6.45) is 5.38. The zero-order valence-corrected chi connectivity index (χ0v) is 19.6. The monoisotopic (exact) mass is 441 g/mol. The fourth-order valence-corrected chi connectivity index (χ4v) is 5.00. The van der Waals surface area contributed by atoms with Gasteiger partial charge in [-0.15, -0.1) is 11.3 Å². The Morgan fingerprint density at radius 2 is 1.47 bits per heavy atom. The van der Waals surface area contributed by atoms with E-state index < -0.39 is 0 Å². The van der Waals surface area contributed by atoms with Gasteiger partial charge in [0, 0.05) is 68.0 Å². The van der Waals surface area contributed by atoms with Crippen molar-refractivity contribution in [3.63, 3.8) is 0 Å². The number of aromatic amines is 1. The lowest BCUT2D eigenvalue weighted by atomic mass is 9.68. The normalized spacial score (nSPS) is 14.2. The van der Waals surface area contributed by atoms with Gasteiger partial charge in [0.15, 0.2) is 0 Å². The van der Waals surface area contributed by atoms with E-state index in [1.165, 1.54) is 22.5 Å². The van der Waals surface area contributed by atoms with Crippen LogP contribution in [0.5, 0.6) is 0 Å². The molecule has 5 nitrogen and oxygen atoms in total. The molecule has 1 aliphatic rings. The van der Waals surface area contributed by atoms with E-state index in [0.717, 1.165) is 29.1 Å². The molecule has 0 bridgehead atoms. The zero-order chi connectivity index (χ0) is 22.3. The zero-order valence-electron chi connectivity index (χ0n) is 18.8. The highest BCUT2D eigenvalue weighted by Crippen LogP contribution is 2.43. The minimum atomic E-state index is -0.269. The van der Waals surface area contributed by atoms with E-state index in [1.54, 1.807) is 11.3 Å². The fraction of sp³-hybridized carbons (Fsp3) is 0.231. The summed E-state index contributed by atoms with van der Waals surface area (Å²) in [5.41, 5.74) is 10.7. The number of nitrogens with one attached hydrogen (secondary N) is 1. The summed E-state index contributed by atoms with van der Waals surface area (Å²) in [7, 11) is 8.29. The topological polar surface area (TPSA) is 48.1 Å². The number of allylic oxidation sites excluding steroid dienone is 1. The van der Waals surface area contributed by atoms with Gasteiger partial charge in [0.05, 0.1) is 5.51 Å². The Labute approximate surface area is 193 Å². The molecule has 1 N–H and O–H groups in total. The Morgan fingerprint density at radius 1 is 0.875 bits per heavy atom. The standard InChI is InChI=1S/C26H27N5S/c1-30(2)20-9-5-18(6-10-20)26(19-7-11-21(12-8-19)31(3)4)14-13-22-23(15-26)28-29-25(22)24-16-32-17-27-24/h5-14,16-17H,15H2,1-4H3,(H,28,29). The predicted octanol–water partition coefficient (Wildman–Crippen LogP) is 5.22. The molecule has 5 rings (SSSR count). The van der Waals surface area contributed by atoms with Crippen LogP contribution >= 0.6 is 11.3 Å². The molecule has 2 aromatic carbocycles. The average Bonchev–Trinajstić information content (AvgIpc) is 3.48. The van der Waals surface area contributed by atoms with Gasteiger partial charge in [-0.1, -0.05) is 36.4 Å². The van der Waals surface area contributed by atoms with Gasteiger partial charge in [0.25, 0.3) is 0 Å². The molecule has 0 fully saturated rings. The molecule has 1 aliphatic carbocycles. The van der Waals surface area contributed by atoms with Crippen molar-refractivity contribution < 1.29 is 0 Å². The first-order chi connectivity index (χ1) is 15.5. The molecule has 32 heavy (non-hydrogen) atoms. The Bertz CT molecular complexity index is 1180. The van der Waals surface area contributed by atoms with Gasteiger partial charge in [-0.2, -0.15) is 5.10 Å². The van der Waals surface area contributed by atoms with E-state index in [0.29, 0.717) is 0 Å². The molecule has 0 unspecified atom stereocenters. The number of aromatic nitrogens is 3. The molecule has 0 aliphatic heterocycles. The van der Waals surface area contributed by atoms with Crippen LogP contribution in [0.4, 0.5) is 11.4 Å². The van der Waals surface area contributed by atoms with Crippen molar-refractivity contribution in [3.8, 4) is 11.4 Å². The number of fused-ring (bicyclic) bond motifs is 1. The van der Waals surface area contributed by atoms with Gasteiger partial charge < -0.3 is 9.80 Å². The molecule has 2 heterocycles. The highest BCUT2D eigenvalue weighted by molar-refractivity contribution is 7.07. The minimum absolute atomic E-state index is 0.269. The summed E-state index contributed by atoms with van der Waals surface area (Å²) < 4.78 is 0. The number of anilines is 2. The summed E-state index contributed by atoms with van der Waals surface area (Å²) >= 11 is 1.59. The number of thiazole rings is 1. The number of hydrogen-bond acceptors (Lipinski definition) is 5. The van der Waals surface area contributed by atoms with E-state index in [2.05, 4.69) is 114 Å². The van der Waals surface area contributed by atoms with Crippen molar-refractivity contribution in [2.45, 2.75) is 11.8 Å². The molecule has 2 aromatic heterocycles. The van der Waals surface area contributed by atoms with Crippen molar-refractivity contribution in [2.75, 3.05) is 38.0 Å². The largest absolute Gasteiger partial charge is 0.378 e. The van der Waals surface area contributed by atoms with Crippen LogP contribution in [0.25, 0.3) is 17.5 Å². The molecule has 0 atom stereocenters. The summed E-state index contributed by atoms with van der Waals surface area (Å²) in [5, 5.41) is 9.99. The lowest BCUT2D eigenvalue weighted by molar-refractivity contribution is 0.620. The summed E-state index contributed by atoms with van der Waals surface area (Å²) in [4.78, 5) is 8.73. The van der Waals surface area contributed by atoms with Gasteiger partial charge in [0.2, 0.25) is 0 Å². The maximum Gasteiger partial charge on any atom is 0.119 e. The van der Waals surface area contributed by atoms with Crippen LogP contribution in [0, 0.1) is 0 Å². The van der Waals surface area contributed by atoms with Crippen molar-refractivity contribution in [1.29, 1.82) is 0 Å². The van der Waals surface area contributed by atoms with Crippen molar-refractivity contribution in [2.24, 2.45) is 0 Å². The van der Waals surface area contributed by atoms with Crippen LogP contribution in [0.2, 0.25) is 0 Å². The Hall–Kier alpha value is -3.38. The van der Waals surface area contributed by atoms with Crippen LogP contribution in [0.1, 0.15) is 22.4 Å². The fourth-order valence-electron chi connectivity index (χ4n) is 4.47. The lowest BCUT2D eigenvalue weighted by Crippen LogP contribution is -2.30. The Morgan fingerprint density at radius 3 is 1.97 bits per heavy atom. The van der Waals surface area contributed by atoms with Crippen LogP contribution < -0.4 is 9.80 Å². The van der Waals surface area contributed by atoms with Crippen LogP contribution in [-0.4, -0.2) is 43.4 Å². The van der Waals surface area contributed by atoms with E-state index in [1.807, 2.05) is 10.9 Å². The first-order valence-corrected chi connectivity index (χ1v) is 11.6. The van der Waals surface area contributed by atoms with Crippen molar-refractivity contribution >= 4 is 28.8 Å². The van der Waals surface area contributed by atoms with Gasteiger partial charge in [-0.05, 0) is 35.4 Å². The molecule has 4 aromatic rings. The molecule has 6 heteroatoms. The van der Waals surface area contributed by atoms with Gasteiger partial charge in [-0.25, -0.2) is 4.98 Å². The summed E-state index contributed by atoms with van der Waals surface area (Å²) in [5.74, 6) is 0. The lowest BCUT2D eigenvalue weighted by Gasteiger charge is -2.35. The number of rotatable bonds is 5. The van der Waals surface area contributed by atoms with Crippen LogP contribution in [0.3, 0.4) is 0 Å². The van der Waals surface area contributed by atoms with Gasteiger partial charge in [0.1, 0.15) is 11.4 Å². The number of H-pyrrole nitrogens is 1. The van der Waals surface area contributed by atoms with E-state index in [9.17, 15) is 0 Å². The molecule has 0 amide bonds. The van der Waals surface area contributed by atoms with E-state index in [4.69, 9.17) is 0 Å². The maximum atomic E-state index is 4.62. The number of hydrogen-bond donors (Lipinski definition) is 1. The second kappa shape index (κ2) is 7.95. The molecular weight excluding hydrogens is 414 g/mol. The Kier molecular flexibility index (Phi) is 5.10. The van der Waals surface area contributed by atoms with Gasteiger partial charge >= 0.3 is 0 Å². The first kappa shape index (κ1) is 20.5. The third kappa shape index (κ3) is 3.41. The SMILES string of the molecule is CN(C)c1ccc(C2(c3ccc(N(C)C)cc3)C=Cc3c(-c4cscn4)n[nH]c3C2)cc1. The minimum Gasteiger partial charge on any atom is -0.378 e.